The van der Waals surface area contributed by atoms with Crippen molar-refractivity contribution < 1.29 is 132 Å². The van der Waals surface area contributed by atoms with Gasteiger partial charge in [0.2, 0.25) is 0 Å². The second kappa shape index (κ2) is 26.3. The Hall–Kier alpha value is -8.18. The monoisotopic (exact) mass is 1410 g/mol. The molecule has 8 aromatic carbocycles. The van der Waals surface area contributed by atoms with E-state index < -0.39 is 199 Å². The third-order valence-corrected chi connectivity index (χ3v) is 17.9. The minimum atomic E-state index is -5.73. The summed E-state index contributed by atoms with van der Waals surface area (Å²) in [6, 6.07) is 12.3. The van der Waals surface area contributed by atoms with Gasteiger partial charge in [0.15, 0.2) is 28.7 Å². The number of fused-ring (bicyclic) bond motifs is 3. The van der Waals surface area contributed by atoms with Crippen LogP contribution in [0.3, 0.4) is 0 Å². The van der Waals surface area contributed by atoms with E-state index in [2.05, 4.69) is 59.7 Å². The number of rotatable bonds is 23. The van der Waals surface area contributed by atoms with E-state index in [1.54, 1.807) is 0 Å². The molecule has 0 spiro atoms. The van der Waals surface area contributed by atoms with Crippen LogP contribution in [0.1, 0.15) is 5.56 Å². The van der Waals surface area contributed by atoms with E-state index in [9.17, 15) is 94.0 Å². The molecule has 0 bridgehead atoms. The van der Waals surface area contributed by atoms with Crippen LogP contribution in [-0.4, -0.2) is 112 Å². The standard InChI is InChI=1S/C44H33N9O29S8/c1-77-19-3-7-24(29(13-19)83-81-79-58)46-53-39-33(88(68,69)70)15-23-21(41(39)56)5-9-27(44(23)90(74,75)76)49-52-38-32(87(65,66)67)12-18-11-28(78-85(60)61)36(42(57)34(18)35(38)45)50-48-26-8-4-20-22(43(26)89(71,72)73)14-30(84-82-80-59)37(40(20)55)51-47-25-6-2-17(16-54)10-31(25)86(62,63)64/h2-15,54-59H,16,45H2,1H3,(H,60,61)(H,62,63,64)(H,65,66,67)(H,68,69,70)(H,71,72,73)(H,74,75,76). The Balaban J connectivity index is 1.29. The molecule has 0 heterocycles. The smallest absolute Gasteiger partial charge is 0.357 e. The van der Waals surface area contributed by atoms with Gasteiger partial charge in [-0.15, -0.1) is 49.6 Å². The van der Waals surface area contributed by atoms with Crippen LogP contribution in [-0.2, 0) is 87.3 Å². The molecular weight excluding hydrogens is 1380 g/mol. The zero-order chi connectivity index (χ0) is 66.2. The fourth-order valence-corrected chi connectivity index (χ4v) is 13.1. The number of anilines is 1. The van der Waals surface area contributed by atoms with Gasteiger partial charge in [-0.3, -0.25) is 27.3 Å². The molecular formula is C44H33N9O29S8. The van der Waals surface area contributed by atoms with Crippen molar-refractivity contribution >= 4 is 170 Å². The van der Waals surface area contributed by atoms with Crippen molar-refractivity contribution in [2.24, 2.45) is 40.9 Å². The zero-order valence-corrected chi connectivity index (χ0v) is 50.0. The number of aromatic hydroxyl groups is 3. The minimum Gasteiger partial charge on any atom is -0.505 e. The molecule has 0 saturated carbocycles. The van der Waals surface area contributed by atoms with Gasteiger partial charge in [-0.1, -0.05) is 16.1 Å². The Morgan fingerprint density at radius 3 is 1.51 bits per heavy atom. The molecule has 0 aliphatic carbocycles. The Labute approximate surface area is 512 Å². The lowest BCUT2D eigenvalue weighted by Crippen LogP contribution is -2.04. The lowest BCUT2D eigenvalue weighted by Gasteiger charge is -2.15. The first-order valence-electron chi connectivity index (χ1n) is 22.9. The van der Waals surface area contributed by atoms with Gasteiger partial charge in [-0.25, -0.2) is 10.5 Å². The number of hydrogen-bond acceptors (Lipinski definition) is 34. The lowest BCUT2D eigenvalue weighted by atomic mass is 10.0. The normalized spacial score (nSPS) is 13.3. The van der Waals surface area contributed by atoms with Gasteiger partial charge < -0.3 is 35.1 Å². The molecule has 0 aliphatic heterocycles. The Morgan fingerprint density at radius 2 is 0.978 bits per heavy atom. The summed E-state index contributed by atoms with van der Waals surface area (Å²) in [7, 11) is -26.3. The molecule has 0 amide bonds. The summed E-state index contributed by atoms with van der Waals surface area (Å²) >= 11 is -3.04. The molecule has 0 fully saturated rings. The highest BCUT2D eigenvalue weighted by atomic mass is 32.2. The topological polar surface area (TPSA) is 611 Å². The number of nitrogen functional groups attached to an aromatic ring is 1. The molecule has 0 radical (unpaired) electrons. The summed E-state index contributed by atoms with van der Waals surface area (Å²) in [5.74, 6) is -4.38. The number of phenolic OH excluding ortho intramolecular Hbond substituents is 3. The van der Waals surface area contributed by atoms with E-state index >= 15 is 0 Å². The largest absolute Gasteiger partial charge is 0.505 e. The number of phenols is 3. The minimum absolute atomic E-state index is 0.000456. The number of ether oxygens (including phenoxy) is 1. The third-order valence-electron chi connectivity index (χ3n) is 11.9. The van der Waals surface area contributed by atoms with E-state index in [1.165, 1.54) is 31.4 Å². The quantitative estimate of drug-likeness (QED) is 0.00539. The van der Waals surface area contributed by atoms with E-state index in [4.69, 9.17) is 25.2 Å². The van der Waals surface area contributed by atoms with Crippen molar-refractivity contribution in [1.29, 1.82) is 0 Å². The zero-order valence-electron chi connectivity index (χ0n) is 43.5. The molecule has 1 atom stereocenters. The molecule has 90 heavy (non-hydrogen) atoms. The van der Waals surface area contributed by atoms with Crippen LogP contribution in [0.25, 0.3) is 32.3 Å². The van der Waals surface area contributed by atoms with Crippen molar-refractivity contribution in [1.82, 2.24) is 0 Å². The Bertz CT molecular complexity index is 5060. The van der Waals surface area contributed by atoms with Gasteiger partial charge in [0.1, 0.15) is 70.0 Å². The number of aliphatic hydroxyl groups excluding tert-OH is 1. The number of benzene rings is 8. The van der Waals surface area contributed by atoms with Gasteiger partial charge >= 0.3 is 11.4 Å². The summed E-state index contributed by atoms with van der Waals surface area (Å²) in [5, 5.41) is 94.7. The second-order valence-corrected chi connectivity index (χ2v) is 26.2. The second-order valence-electron chi connectivity index (χ2n) is 17.2. The van der Waals surface area contributed by atoms with Crippen LogP contribution in [0.2, 0.25) is 0 Å². The highest BCUT2D eigenvalue weighted by Crippen LogP contribution is 2.53. The molecule has 14 N–H and O–H groups in total. The first-order valence-corrected chi connectivity index (χ1v) is 32.7. The first kappa shape index (κ1) is 67.7. The average molecular weight is 1410 g/mol. The van der Waals surface area contributed by atoms with Crippen molar-refractivity contribution in [3.63, 3.8) is 0 Å². The molecule has 1 unspecified atom stereocenters. The summed E-state index contributed by atoms with van der Waals surface area (Å²) in [6.07, 6.45) is 0. The summed E-state index contributed by atoms with van der Waals surface area (Å²) in [5.41, 5.74) is -1.43. The van der Waals surface area contributed by atoms with Crippen LogP contribution >= 0.6 is 24.1 Å². The maximum atomic E-state index is 13.2. The van der Waals surface area contributed by atoms with Gasteiger partial charge in [0.05, 0.1) is 58.7 Å². The highest BCUT2D eigenvalue weighted by Gasteiger charge is 2.31. The van der Waals surface area contributed by atoms with Crippen LogP contribution in [0.4, 0.5) is 51.2 Å². The van der Waals surface area contributed by atoms with Crippen molar-refractivity contribution in [3.05, 3.63) is 90.5 Å². The average Bonchev–Trinajstić information content (AvgIpc) is 0.761. The number of nitrogens with two attached hydrogens (primary N) is 1. The first-order chi connectivity index (χ1) is 42.1. The van der Waals surface area contributed by atoms with Crippen molar-refractivity contribution in [2.75, 3.05) is 12.8 Å². The molecule has 0 aromatic heterocycles. The number of azo groups is 4. The summed E-state index contributed by atoms with van der Waals surface area (Å²) in [6.45, 7) is -0.682. The predicted octanol–water partition coefficient (Wildman–Crippen LogP) is 9.61. The van der Waals surface area contributed by atoms with Crippen molar-refractivity contribution in [2.45, 2.75) is 40.9 Å². The summed E-state index contributed by atoms with van der Waals surface area (Å²) < 4.78 is 221. The molecule has 8 aromatic rings. The van der Waals surface area contributed by atoms with E-state index in [0.29, 0.717) is 36.3 Å². The number of nitrogens with zero attached hydrogens (tertiary/aromatic N) is 8. The molecule has 0 aliphatic rings. The molecule has 8 rings (SSSR count). The van der Waals surface area contributed by atoms with Crippen LogP contribution in [0, 0.1) is 0 Å². The summed E-state index contributed by atoms with van der Waals surface area (Å²) in [4.78, 5) is -6.79. The van der Waals surface area contributed by atoms with E-state index in [0.717, 1.165) is 36.4 Å². The van der Waals surface area contributed by atoms with Gasteiger partial charge in [-0.2, -0.15) is 46.3 Å². The van der Waals surface area contributed by atoms with Gasteiger partial charge in [-0.05, 0) is 89.8 Å². The van der Waals surface area contributed by atoms with Crippen LogP contribution < -0.4 is 14.7 Å². The van der Waals surface area contributed by atoms with Gasteiger partial charge in [0.25, 0.3) is 50.6 Å². The Morgan fingerprint density at radius 1 is 0.500 bits per heavy atom. The highest BCUT2D eigenvalue weighted by molar-refractivity contribution is 7.95. The SMILES string of the molecule is COc1ccc(N=Nc2c(S(=O)(=O)O)cc3c(S(=O)(=O)O)c(N=Nc4c(S(=O)(=O)O)cc5cc(OS(=O)O)c(N=Nc6ccc7c(O)c(N=Nc8ccc(CO)cc8S(=O)(=O)O)c(SOOO)cc7c6S(=O)(=O)O)c(O)c5c4N)ccc3c2O)c(SOOO)c1. The number of methoxy groups -OCH3 is 1. The van der Waals surface area contributed by atoms with E-state index in [-0.39, 0.29) is 33.9 Å². The lowest BCUT2D eigenvalue weighted by molar-refractivity contribution is -0.432. The van der Waals surface area contributed by atoms with Crippen LogP contribution in [0.15, 0.2) is 160 Å². The molecule has 476 valence electrons. The molecule has 0 saturated heterocycles. The molecule has 38 nitrogen and oxygen atoms in total. The maximum absolute atomic E-state index is 13.2. The predicted molar refractivity (Wildman–Crippen MR) is 305 cm³/mol. The third kappa shape index (κ3) is 14.4. The van der Waals surface area contributed by atoms with E-state index in [1.807, 2.05) is 0 Å². The maximum Gasteiger partial charge on any atom is 0.357 e. The Kier molecular flexibility index (Phi) is 19.8. The van der Waals surface area contributed by atoms with Gasteiger partial charge in [0, 0.05) is 21.5 Å². The van der Waals surface area contributed by atoms with Crippen molar-refractivity contribution in [3.8, 4) is 28.7 Å². The van der Waals surface area contributed by atoms with Crippen LogP contribution in [0.5, 0.6) is 28.7 Å². The molecule has 46 heteroatoms. The number of aliphatic hydroxyl groups is 1. The fourth-order valence-electron chi connectivity index (χ4n) is 8.20. The number of hydrogen-bond donors (Lipinski definition) is 13. The fraction of sp³-hybridized carbons (Fsp3) is 0.0455.